The number of methoxy groups -OCH3 is 2. The zero-order chi connectivity index (χ0) is 23.0. The predicted molar refractivity (Wildman–Crippen MR) is 120 cm³/mol. The van der Waals surface area contributed by atoms with E-state index >= 15 is 0 Å². The Balaban J connectivity index is 1.84. The topological polar surface area (TPSA) is 59.1 Å². The van der Waals surface area contributed by atoms with E-state index in [1.165, 1.54) is 26.4 Å². The van der Waals surface area contributed by atoms with Crippen molar-refractivity contribution in [2.45, 2.75) is 20.3 Å². The molecule has 2 amide bonds. The van der Waals surface area contributed by atoms with Gasteiger partial charge in [-0.2, -0.15) is 0 Å². The number of rotatable bonds is 5. The van der Waals surface area contributed by atoms with Crippen LogP contribution in [-0.4, -0.2) is 44.0 Å². The van der Waals surface area contributed by atoms with Crippen LogP contribution >= 0.6 is 0 Å². The van der Waals surface area contributed by atoms with Crippen LogP contribution < -0.4 is 14.4 Å². The highest BCUT2D eigenvalue weighted by atomic mass is 19.1. The molecule has 2 heterocycles. The van der Waals surface area contributed by atoms with Crippen molar-refractivity contribution in [2.75, 3.05) is 32.2 Å². The number of anilines is 1. The van der Waals surface area contributed by atoms with Crippen LogP contribution in [0.2, 0.25) is 0 Å². The van der Waals surface area contributed by atoms with Gasteiger partial charge in [0, 0.05) is 19.2 Å². The first-order valence-corrected chi connectivity index (χ1v) is 10.7. The summed E-state index contributed by atoms with van der Waals surface area (Å²) in [5.41, 5.74) is 1.50. The minimum Gasteiger partial charge on any atom is -0.497 e. The molecule has 32 heavy (non-hydrogen) atoms. The SMILES string of the molecule is COc1ccc(N2C(=O)C(c3ccc(F)cc3)=C(N3CC(C)CC(C)C3)C2=O)c(OC)c1. The van der Waals surface area contributed by atoms with E-state index in [-0.39, 0.29) is 5.57 Å². The molecule has 0 N–H and O–H groups in total. The smallest absolute Gasteiger partial charge is 0.282 e. The van der Waals surface area contributed by atoms with Gasteiger partial charge in [-0.15, -0.1) is 0 Å². The van der Waals surface area contributed by atoms with Crippen LogP contribution in [0.1, 0.15) is 25.8 Å². The van der Waals surface area contributed by atoms with Crippen molar-refractivity contribution in [1.82, 2.24) is 4.90 Å². The van der Waals surface area contributed by atoms with Crippen LogP contribution in [0.3, 0.4) is 0 Å². The Kier molecular flexibility index (Phi) is 5.91. The van der Waals surface area contributed by atoms with E-state index in [9.17, 15) is 14.0 Å². The molecule has 2 aromatic carbocycles. The molecule has 0 aliphatic carbocycles. The molecule has 2 aromatic rings. The van der Waals surface area contributed by atoms with Crippen molar-refractivity contribution in [3.8, 4) is 11.5 Å². The van der Waals surface area contributed by atoms with Gasteiger partial charge >= 0.3 is 0 Å². The van der Waals surface area contributed by atoms with Gasteiger partial charge in [-0.3, -0.25) is 9.59 Å². The van der Waals surface area contributed by atoms with E-state index in [0.29, 0.717) is 53.4 Å². The average molecular weight is 438 g/mol. The van der Waals surface area contributed by atoms with E-state index in [2.05, 4.69) is 13.8 Å². The molecule has 1 fully saturated rings. The Hall–Kier alpha value is -3.35. The lowest BCUT2D eigenvalue weighted by Crippen LogP contribution is -2.42. The molecule has 1 saturated heterocycles. The lowest BCUT2D eigenvalue weighted by Gasteiger charge is -2.37. The number of carbonyl (C=O) groups excluding carboxylic acids is 2. The number of imide groups is 1. The van der Waals surface area contributed by atoms with Crippen LogP contribution in [0.15, 0.2) is 48.2 Å². The highest BCUT2D eigenvalue weighted by Crippen LogP contribution is 2.41. The first-order valence-electron chi connectivity index (χ1n) is 10.7. The summed E-state index contributed by atoms with van der Waals surface area (Å²) in [4.78, 5) is 30.6. The molecule has 0 aromatic heterocycles. The average Bonchev–Trinajstić information content (AvgIpc) is 3.03. The standard InChI is InChI=1S/C25H27FN2O4/c1-15-11-16(2)14-27(13-15)23-22(17-5-7-18(26)8-6-17)24(29)28(25(23)30)20-10-9-19(31-3)12-21(20)32-4/h5-10,12,15-16H,11,13-14H2,1-4H3. The molecule has 2 unspecified atom stereocenters. The van der Waals surface area contributed by atoms with Crippen molar-refractivity contribution in [1.29, 1.82) is 0 Å². The van der Waals surface area contributed by atoms with Gasteiger partial charge in [-0.05, 0) is 48.1 Å². The van der Waals surface area contributed by atoms with Gasteiger partial charge in [0.25, 0.3) is 11.8 Å². The van der Waals surface area contributed by atoms with E-state index in [1.807, 2.05) is 4.90 Å². The molecule has 0 radical (unpaired) electrons. The van der Waals surface area contributed by atoms with Crippen LogP contribution in [0.5, 0.6) is 11.5 Å². The molecule has 6 nitrogen and oxygen atoms in total. The molecular weight excluding hydrogens is 411 g/mol. The molecule has 168 valence electrons. The number of benzene rings is 2. The van der Waals surface area contributed by atoms with Crippen LogP contribution in [0.4, 0.5) is 10.1 Å². The largest absolute Gasteiger partial charge is 0.497 e. The summed E-state index contributed by atoms with van der Waals surface area (Å²) in [5.74, 6) is 0.412. The summed E-state index contributed by atoms with van der Waals surface area (Å²) in [5, 5.41) is 0. The maximum Gasteiger partial charge on any atom is 0.282 e. The molecule has 7 heteroatoms. The number of hydrogen-bond acceptors (Lipinski definition) is 5. The number of ether oxygens (including phenoxy) is 2. The Morgan fingerprint density at radius 2 is 1.56 bits per heavy atom. The number of hydrogen-bond donors (Lipinski definition) is 0. The van der Waals surface area contributed by atoms with Crippen molar-refractivity contribution in [3.05, 3.63) is 59.5 Å². The van der Waals surface area contributed by atoms with Crippen LogP contribution in [0, 0.1) is 17.7 Å². The van der Waals surface area contributed by atoms with E-state index < -0.39 is 17.6 Å². The quantitative estimate of drug-likeness (QED) is 0.658. The number of nitrogens with zero attached hydrogens (tertiary/aromatic N) is 2. The summed E-state index contributed by atoms with van der Waals surface area (Å²) in [7, 11) is 3.01. The van der Waals surface area contributed by atoms with Crippen molar-refractivity contribution in [2.24, 2.45) is 11.8 Å². The number of piperidine rings is 1. The molecular formula is C25H27FN2O4. The van der Waals surface area contributed by atoms with Gasteiger partial charge in [-0.1, -0.05) is 26.0 Å². The second-order valence-electron chi connectivity index (χ2n) is 8.57. The third-order valence-corrected chi connectivity index (χ3v) is 6.01. The molecule has 0 bridgehead atoms. The van der Waals surface area contributed by atoms with Crippen LogP contribution in [0.25, 0.3) is 5.57 Å². The first kappa shape index (κ1) is 21.9. The zero-order valence-corrected chi connectivity index (χ0v) is 18.7. The monoisotopic (exact) mass is 438 g/mol. The van der Waals surface area contributed by atoms with E-state index in [0.717, 1.165) is 11.3 Å². The summed E-state index contributed by atoms with van der Waals surface area (Å²) in [6.07, 6.45) is 1.06. The van der Waals surface area contributed by atoms with E-state index in [1.54, 1.807) is 30.3 Å². The molecule has 4 rings (SSSR count). The van der Waals surface area contributed by atoms with Gasteiger partial charge < -0.3 is 14.4 Å². The highest BCUT2D eigenvalue weighted by molar-refractivity contribution is 6.45. The lowest BCUT2D eigenvalue weighted by molar-refractivity contribution is -0.120. The van der Waals surface area contributed by atoms with Gasteiger partial charge in [0.1, 0.15) is 23.0 Å². The molecule has 2 aliphatic heterocycles. The molecule has 2 aliphatic rings. The fourth-order valence-corrected chi connectivity index (χ4v) is 4.72. The normalized spacial score (nSPS) is 21.4. The summed E-state index contributed by atoms with van der Waals surface area (Å²) in [6.45, 7) is 5.65. The lowest BCUT2D eigenvalue weighted by atomic mass is 9.91. The first-order chi connectivity index (χ1) is 15.3. The van der Waals surface area contributed by atoms with Crippen molar-refractivity contribution in [3.63, 3.8) is 0 Å². The van der Waals surface area contributed by atoms with Crippen molar-refractivity contribution < 1.29 is 23.5 Å². The summed E-state index contributed by atoms with van der Waals surface area (Å²) in [6, 6.07) is 10.6. The van der Waals surface area contributed by atoms with Crippen molar-refractivity contribution >= 4 is 23.1 Å². The van der Waals surface area contributed by atoms with Gasteiger partial charge in [-0.25, -0.2) is 9.29 Å². The number of likely N-dealkylation sites (tertiary alicyclic amines) is 1. The fourth-order valence-electron chi connectivity index (χ4n) is 4.72. The van der Waals surface area contributed by atoms with Crippen LogP contribution in [-0.2, 0) is 9.59 Å². The van der Waals surface area contributed by atoms with Gasteiger partial charge in [0.2, 0.25) is 0 Å². The van der Waals surface area contributed by atoms with E-state index in [4.69, 9.17) is 9.47 Å². The molecule has 2 atom stereocenters. The maximum atomic E-state index is 13.7. The zero-order valence-electron chi connectivity index (χ0n) is 18.7. The summed E-state index contributed by atoms with van der Waals surface area (Å²) < 4.78 is 24.3. The Morgan fingerprint density at radius 1 is 0.906 bits per heavy atom. The Morgan fingerprint density at radius 3 is 2.16 bits per heavy atom. The maximum absolute atomic E-state index is 13.7. The fraction of sp³-hybridized carbons (Fsp3) is 0.360. The predicted octanol–water partition coefficient (Wildman–Crippen LogP) is 4.11. The molecule has 0 spiro atoms. The minimum atomic E-state index is -0.453. The second-order valence-corrected chi connectivity index (χ2v) is 8.57. The molecule has 0 saturated carbocycles. The third kappa shape index (κ3) is 3.83. The third-order valence-electron chi connectivity index (χ3n) is 6.01. The summed E-state index contributed by atoms with van der Waals surface area (Å²) >= 11 is 0. The number of amides is 2. The number of halogens is 1. The Bertz CT molecular complexity index is 1070. The highest BCUT2D eigenvalue weighted by Gasteiger charge is 2.44. The van der Waals surface area contributed by atoms with Gasteiger partial charge in [0.05, 0.1) is 25.5 Å². The minimum absolute atomic E-state index is 0.286. The number of carbonyl (C=O) groups is 2. The second kappa shape index (κ2) is 8.65. The van der Waals surface area contributed by atoms with Gasteiger partial charge in [0.15, 0.2) is 0 Å². The Labute approximate surface area is 187 Å².